The van der Waals surface area contributed by atoms with Crippen molar-refractivity contribution in [1.82, 2.24) is 20.1 Å². The molecule has 6 heteroatoms. The SMILES string of the molecule is Cc1nc(C)n(CC(=O)N[C@@H](c2cccs2)C(C)(C)C)n1. The molecule has 0 spiro atoms. The van der Waals surface area contributed by atoms with Crippen LogP contribution < -0.4 is 5.32 Å². The first-order valence-corrected chi connectivity index (χ1v) is 7.86. The molecule has 1 atom stereocenters. The Hall–Kier alpha value is -1.69. The molecule has 0 unspecified atom stereocenters. The van der Waals surface area contributed by atoms with Gasteiger partial charge in [0.15, 0.2) is 0 Å². The topological polar surface area (TPSA) is 59.8 Å². The lowest BCUT2D eigenvalue weighted by molar-refractivity contribution is -0.123. The van der Waals surface area contributed by atoms with Crippen LogP contribution in [0.4, 0.5) is 0 Å². The van der Waals surface area contributed by atoms with E-state index in [2.05, 4.69) is 42.2 Å². The van der Waals surface area contributed by atoms with Gasteiger partial charge >= 0.3 is 0 Å². The molecular weight excluding hydrogens is 284 g/mol. The molecule has 2 aromatic rings. The normalized spacial score (nSPS) is 13.2. The Labute approximate surface area is 129 Å². The fourth-order valence-electron chi connectivity index (χ4n) is 2.22. The van der Waals surface area contributed by atoms with Crippen LogP contribution in [0.2, 0.25) is 0 Å². The third-order valence-corrected chi connectivity index (χ3v) is 4.19. The summed E-state index contributed by atoms with van der Waals surface area (Å²) in [4.78, 5) is 17.7. The number of nitrogens with zero attached hydrogens (tertiary/aromatic N) is 3. The maximum absolute atomic E-state index is 12.3. The molecule has 2 rings (SSSR count). The van der Waals surface area contributed by atoms with E-state index in [9.17, 15) is 4.79 Å². The first kappa shape index (κ1) is 15.7. The number of hydrogen-bond acceptors (Lipinski definition) is 4. The molecule has 0 aromatic carbocycles. The van der Waals surface area contributed by atoms with Gasteiger partial charge in [-0.25, -0.2) is 9.67 Å². The van der Waals surface area contributed by atoms with E-state index in [0.29, 0.717) is 5.82 Å². The zero-order chi connectivity index (χ0) is 15.6. The van der Waals surface area contributed by atoms with Gasteiger partial charge in [-0.1, -0.05) is 26.8 Å². The number of aromatic nitrogens is 3. The summed E-state index contributed by atoms with van der Waals surface area (Å²) < 4.78 is 1.64. The van der Waals surface area contributed by atoms with Crippen LogP contribution in [0.15, 0.2) is 17.5 Å². The zero-order valence-electron chi connectivity index (χ0n) is 13.2. The molecule has 21 heavy (non-hydrogen) atoms. The third-order valence-electron chi connectivity index (χ3n) is 3.26. The van der Waals surface area contributed by atoms with Gasteiger partial charge in [0, 0.05) is 4.88 Å². The van der Waals surface area contributed by atoms with Gasteiger partial charge in [-0.15, -0.1) is 11.3 Å². The van der Waals surface area contributed by atoms with Crippen LogP contribution in [-0.4, -0.2) is 20.7 Å². The lowest BCUT2D eigenvalue weighted by Gasteiger charge is -2.30. The Morgan fingerprint density at radius 2 is 2.14 bits per heavy atom. The number of amides is 1. The number of carbonyl (C=O) groups excluding carboxylic acids is 1. The molecule has 2 aromatic heterocycles. The van der Waals surface area contributed by atoms with E-state index in [1.54, 1.807) is 16.0 Å². The number of aryl methyl sites for hydroxylation is 2. The summed E-state index contributed by atoms with van der Waals surface area (Å²) >= 11 is 1.66. The van der Waals surface area contributed by atoms with Crippen molar-refractivity contribution in [3.8, 4) is 0 Å². The highest BCUT2D eigenvalue weighted by molar-refractivity contribution is 7.10. The van der Waals surface area contributed by atoms with Crippen LogP contribution >= 0.6 is 11.3 Å². The Balaban J connectivity index is 2.10. The van der Waals surface area contributed by atoms with Crippen LogP contribution in [0, 0.1) is 19.3 Å². The monoisotopic (exact) mass is 306 g/mol. The summed E-state index contributed by atoms with van der Waals surface area (Å²) in [6.45, 7) is 10.3. The van der Waals surface area contributed by atoms with Gasteiger partial charge in [0.25, 0.3) is 0 Å². The maximum atomic E-state index is 12.3. The zero-order valence-corrected chi connectivity index (χ0v) is 14.0. The number of hydrogen-bond donors (Lipinski definition) is 1. The van der Waals surface area contributed by atoms with E-state index < -0.39 is 0 Å². The summed E-state index contributed by atoms with van der Waals surface area (Å²) in [6, 6.07) is 4.07. The number of carbonyl (C=O) groups is 1. The molecule has 5 nitrogen and oxygen atoms in total. The summed E-state index contributed by atoms with van der Waals surface area (Å²) in [6.07, 6.45) is 0. The predicted molar refractivity (Wildman–Crippen MR) is 84.2 cm³/mol. The largest absolute Gasteiger partial charge is 0.346 e. The molecule has 0 radical (unpaired) electrons. The Bertz CT molecular complexity index is 610. The van der Waals surface area contributed by atoms with E-state index >= 15 is 0 Å². The van der Waals surface area contributed by atoms with Gasteiger partial charge < -0.3 is 5.32 Å². The number of rotatable bonds is 4. The number of thiophene rings is 1. The van der Waals surface area contributed by atoms with E-state index in [1.165, 1.54) is 4.88 Å². The van der Waals surface area contributed by atoms with Crippen molar-refractivity contribution in [2.75, 3.05) is 0 Å². The maximum Gasteiger partial charge on any atom is 0.242 e. The van der Waals surface area contributed by atoms with Crippen molar-refractivity contribution in [3.05, 3.63) is 34.0 Å². The minimum atomic E-state index is -0.0478. The van der Waals surface area contributed by atoms with Gasteiger partial charge in [-0.3, -0.25) is 4.79 Å². The fraction of sp³-hybridized carbons (Fsp3) is 0.533. The predicted octanol–water partition coefficient (Wildman–Crippen LogP) is 2.86. The molecule has 0 aliphatic rings. The molecule has 114 valence electrons. The summed E-state index contributed by atoms with van der Waals surface area (Å²) in [5.41, 5.74) is -0.0478. The molecule has 0 aliphatic carbocycles. The van der Waals surface area contributed by atoms with Crippen molar-refractivity contribution >= 4 is 17.2 Å². The average molecular weight is 306 g/mol. The summed E-state index contributed by atoms with van der Waals surface area (Å²) in [5.74, 6) is 1.40. The minimum absolute atomic E-state index is 0.00470. The van der Waals surface area contributed by atoms with Crippen LogP contribution in [0.25, 0.3) is 0 Å². The van der Waals surface area contributed by atoms with Crippen molar-refractivity contribution in [3.63, 3.8) is 0 Å². The standard InChI is InChI=1S/C15H22N4OS/c1-10-16-11(2)19(18-10)9-13(20)17-14(15(3,4)5)12-7-6-8-21-12/h6-8,14H,9H2,1-5H3,(H,17,20)/t14-/m0/s1. The van der Waals surface area contributed by atoms with Crippen LogP contribution in [0.5, 0.6) is 0 Å². The molecule has 0 saturated carbocycles. The minimum Gasteiger partial charge on any atom is -0.346 e. The molecule has 0 aliphatic heterocycles. The van der Waals surface area contributed by atoms with E-state index in [1.807, 2.05) is 25.3 Å². The van der Waals surface area contributed by atoms with Gasteiger partial charge in [-0.2, -0.15) is 5.10 Å². The first-order chi connectivity index (χ1) is 9.77. The Kier molecular flexibility index (Phi) is 4.46. The summed E-state index contributed by atoms with van der Waals surface area (Å²) in [7, 11) is 0. The van der Waals surface area contributed by atoms with Crippen LogP contribution in [0.3, 0.4) is 0 Å². The third kappa shape index (κ3) is 3.91. The van der Waals surface area contributed by atoms with Crippen molar-refractivity contribution in [1.29, 1.82) is 0 Å². The second-order valence-electron chi connectivity index (χ2n) is 6.25. The molecule has 0 fully saturated rings. The molecule has 0 saturated heterocycles. The van der Waals surface area contributed by atoms with Crippen LogP contribution in [0.1, 0.15) is 43.3 Å². The van der Waals surface area contributed by atoms with Gasteiger partial charge in [0.2, 0.25) is 5.91 Å². The molecule has 1 N–H and O–H groups in total. The van der Waals surface area contributed by atoms with Crippen molar-refractivity contribution in [2.45, 2.75) is 47.2 Å². The molecule has 1 amide bonds. The van der Waals surface area contributed by atoms with Crippen molar-refractivity contribution < 1.29 is 4.79 Å². The highest BCUT2D eigenvalue weighted by Gasteiger charge is 2.28. The molecule has 2 heterocycles. The quantitative estimate of drug-likeness (QED) is 0.945. The Morgan fingerprint density at radius 1 is 1.43 bits per heavy atom. The molecule has 0 bridgehead atoms. The molecular formula is C15H22N4OS. The second-order valence-corrected chi connectivity index (χ2v) is 7.23. The average Bonchev–Trinajstić information content (AvgIpc) is 2.95. The smallest absolute Gasteiger partial charge is 0.242 e. The highest BCUT2D eigenvalue weighted by Crippen LogP contribution is 2.35. The van der Waals surface area contributed by atoms with E-state index in [0.717, 1.165) is 5.82 Å². The second kappa shape index (κ2) is 5.97. The number of nitrogens with one attached hydrogen (secondary N) is 1. The Morgan fingerprint density at radius 3 is 2.62 bits per heavy atom. The fourth-order valence-corrected chi connectivity index (χ4v) is 3.24. The highest BCUT2D eigenvalue weighted by atomic mass is 32.1. The lowest BCUT2D eigenvalue weighted by atomic mass is 9.86. The summed E-state index contributed by atoms with van der Waals surface area (Å²) in [5, 5.41) is 9.39. The van der Waals surface area contributed by atoms with Crippen LogP contribution in [-0.2, 0) is 11.3 Å². The van der Waals surface area contributed by atoms with Gasteiger partial charge in [0.05, 0.1) is 6.04 Å². The van der Waals surface area contributed by atoms with Gasteiger partial charge in [-0.05, 0) is 30.7 Å². The van der Waals surface area contributed by atoms with E-state index in [-0.39, 0.29) is 23.9 Å². The first-order valence-electron chi connectivity index (χ1n) is 6.98. The van der Waals surface area contributed by atoms with E-state index in [4.69, 9.17) is 0 Å². The lowest BCUT2D eigenvalue weighted by Crippen LogP contribution is -2.38. The van der Waals surface area contributed by atoms with Gasteiger partial charge in [0.1, 0.15) is 18.2 Å². The van der Waals surface area contributed by atoms with Crippen molar-refractivity contribution in [2.24, 2.45) is 5.41 Å².